The van der Waals surface area contributed by atoms with E-state index in [1.807, 2.05) is 0 Å². The molecule has 8 heavy (non-hydrogen) atoms. The van der Waals surface area contributed by atoms with Crippen molar-refractivity contribution in [1.29, 1.82) is 0 Å². The highest BCUT2D eigenvalue weighted by Crippen LogP contribution is 2.04. The maximum atomic E-state index is 10.2. The van der Waals surface area contributed by atoms with Gasteiger partial charge in [-0.25, -0.2) is 0 Å². The lowest BCUT2D eigenvalue weighted by Crippen LogP contribution is -2.32. The van der Waals surface area contributed by atoms with Crippen molar-refractivity contribution in [2.75, 3.05) is 0 Å². The molecular weight excluding hydrogens is 126 g/mol. The summed E-state index contributed by atoms with van der Waals surface area (Å²) in [5.74, 6) is -0.0270. The molecule has 0 rings (SSSR count). The summed E-state index contributed by atoms with van der Waals surface area (Å²) in [6.07, 6.45) is 0. The Morgan fingerprint density at radius 2 is 2.00 bits per heavy atom. The summed E-state index contributed by atoms with van der Waals surface area (Å²) in [6, 6.07) is 0. The highest BCUT2D eigenvalue weighted by Gasteiger charge is 2.18. The quantitative estimate of drug-likeness (QED) is 0.508. The number of aliphatic hydroxyl groups excluding tert-OH is 1. The summed E-state index contributed by atoms with van der Waals surface area (Å²) in [5, 5.41) is 13.6. The van der Waals surface area contributed by atoms with Crippen molar-refractivity contribution in [3.63, 3.8) is 0 Å². The summed E-state index contributed by atoms with van der Waals surface area (Å²) < 4.78 is 10.2. The second-order valence-electron chi connectivity index (χ2n) is 1.96. The molecule has 0 aliphatic carbocycles. The van der Waals surface area contributed by atoms with Gasteiger partial charge in [-0.1, -0.05) is 13.8 Å². The van der Waals surface area contributed by atoms with Gasteiger partial charge in [0.25, 0.3) is 0 Å². The average molecular weight is 137 g/mol. The SMILES string of the molecule is CC(C)C(O)[S+](N)[O-]. The van der Waals surface area contributed by atoms with Gasteiger partial charge in [0.2, 0.25) is 5.44 Å². The number of hydrogen-bond donors (Lipinski definition) is 2. The van der Waals surface area contributed by atoms with Crippen LogP contribution in [0.2, 0.25) is 0 Å². The smallest absolute Gasteiger partial charge is 0.234 e. The van der Waals surface area contributed by atoms with Crippen LogP contribution < -0.4 is 5.14 Å². The minimum atomic E-state index is -1.58. The van der Waals surface area contributed by atoms with E-state index >= 15 is 0 Å². The van der Waals surface area contributed by atoms with Gasteiger partial charge in [0.1, 0.15) is 0 Å². The van der Waals surface area contributed by atoms with Gasteiger partial charge < -0.3 is 9.66 Å². The molecular formula is C4H11NO2S. The number of rotatable bonds is 2. The first-order valence-electron chi connectivity index (χ1n) is 2.38. The van der Waals surface area contributed by atoms with Crippen molar-refractivity contribution >= 4 is 11.4 Å². The molecule has 3 nitrogen and oxygen atoms in total. The first kappa shape index (κ1) is 8.23. The van der Waals surface area contributed by atoms with Crippen molar-refractivity contribution in [2.24, 2.45) is 11.1 Å². The van der Waals surface area contributed by atoms with E-state index in [2.05, 4.69) is 0 Å². The molecule has 0 fully saturated rings. The lowest BCUT2D eigenvalue weighted by molar-refractivity contribution is 0.199. The molecule has 0 saturated heterocycles. The molecule has 0 spiro atoms. The minimum Gasteiger partial charge on any atom is -0.596 e. The summed E-state index contributed by atoms with van der Waals surface area (Å²) in [4.78, 5) is 0. The lowest BCUT2D eigenvalue weighted by atomic mass is 10.2. The fourth-order valence-corrected chi connectivity index (χ4v) is 0.805. The van der Waals surface area contributed by atoms with Crippen LogP contribution in [0.15, 0.2) is 0 Å². The first-order valence-corrected chi connectivity index (χ1v) is 3.66. The van der Waals surface area contributed by atoms with Gasteiger partial charge in [-0.2, -0.15) is 5.14 Å². The van der Waals surface area contributed by atoms with Crippen LogP contribution in [0, 0.1) is 5.92 Å². The highest BCUT2D eigenvalue weighted by atomic mass is 32.2. The summed E-state index contributed by atoms with van der Waals surface area (Å²) >= 11 is -1.58. The van der Waals surface area contributed by atoms with Crippen LogP contribution in [0.1, 0.15) is 13.8 Å². The van der Waals surface area contributed by atoms with E-state index in [4.69, 9.17) is 10.2 Å². The average Bonchev–Trinajstić information content (AvgIpc) is 1.64. The van der Waals surface area contributed by atoms with E-state index in [0.29, 0.717) is 0 Å². The van der Waals surface area contributed by atoms with E-state index in [9.17, 15) is 4.55 Å². The summed E-state index contributed by atoms with van der Waals surface area (Å²) in [6.45, 7) is 3.52. The zero-order valence-electron chi connectivity index (χ0n) is 5.00. The van der Waals surface area contributed by atoms with Gasteiger partial charge in [0.15, 0.2) is 0 Å². The standard InChI is InChI=1S/C4H11NO2S/c1-3(2)4(6)8(5)7/h3-4,6H,5H2,1-2H3. The molecule has 0 aliphatic heterocycles. The first-order chi connectivity index (χ1) is 3.55. The Labute approximate surface area is 52.2 Å². The molecule has 2 unspecified atom stereocenters. The zero-order chi connectivity index (χ0) is 6.73. The Morgan fingerprint density at radius 3 is 2.00 bits per heavy atom. The van der Waals surface area contributed by atoms with Crippen LogP contribution in [-0.4, -0.2) is 15.1 Å². The predicted octanol–water partition coefficient (Wildman–Crippen LogP) is -0.417. The monoisotopic (exact) mass is 137 g/mol. The summed E-state index contributed by atoms with van der Waals surface area (Å²) in [5.41, 5.74) is -0.880. The zero-order valence-corrected chi connectivity index (χ0v) is 5.81. The lowest BCUT2D eigenvalue weighted by Gasteiger charge is -2.13. The normalized spacial score (nSPS) is 18.8. The van der Waals surface area contributed by atoms with Gasteiger partial charge >= 0.3 is 0 Å². The van der Waals surface area contributed by atoms with Gasteiger partial charge in [-0.05, 0) is 0 Å². The van der Waals surface area contributed by atoms with Gasteiger partial charge in [0, 0.05) is 5.92 Å². The minimum absolute atomic E-state index is 0.0270. The highest BCUT2D eigenvalue weighted by molar-refractivity contribution is 7.89. The largest absolute Gasteiger partial charge is 0.596 e. The fraction of sp³-hybridized carbons (Fsp3) is 1.00. The topological polar surface area (TPSA) is 69.3 Å². The van der Waals surface area contributed by atoms with Gasteiger partial charge in [-0.3, -0.25) is 0 Å². The molecule has 0 radical (unpaired) electrons. The Balaban J connectivity index is 3.46. The van der Waals surface area contributed by atoms with Crippen LogP contribution in [-0.2, 0) is 11.4 Å². The second-order valence-corrected chi connectivity index (χ2v) is 3.10. The van der Waals surface area contributed by atoms with E-state index in [-0.39, 0.29) is 5.92 Å². The predicted molar refractivity (Wildman–Crippen MR) is 33.2 cm³/mol. The molecule has 0 aromatic heterocycles. The van der Waals surface area contributed by atoms with Crippen molar-refractivity contribution in [3.05, 3.63) is 0 Å². The van der Waals surface area contributed by atoms with Crippen LogP contribution in [0.25, 0.3) is 0 Å². The third-order valence-electron chi connectivity index (χ3n) is 0.808. The van der Waals surface area contributed by atoms with Gasteiger partial charge in [0.05, 0.1) is 11.4 Å². The van der Waals surface area contributed by atoms with Crippen LogP contribution in [0.4, 0.5) is 0 Å². The van der Waals surface area contributed by atoms with Crippen LogP contribution in [0.5, 0.6) is 0 Å². The molecule has 2 atom stereocenters. The van der Waals surface area contributed by atoms with Crippen molar-refractivity contribution in [1.82, 2.24) is 0 Å². The molecule has 0 aromatic rings. The number of hydrogen-bond acceptors (Lipinski definition) is 3. The van der Waals surface area contributed by atoms with Gasteiger partial charge in [-0.15, -0.1) is 0 Å². The van der Waals surface area contributed by atoms with E-state index in [1.165, 1.54) is 0 Å². The number of nitrogens with two attached hydrogens (primary N) is 1. The van der Waals surface area contributed by atoms with E-state index < -0.39 is 16.8 Å². The molecule has 0 heterocycles. The molecule has 4 heteroatoms. The molecule has 0 bridgehead atoms. The van der Waals surface area contributed by atoms with Crippen LogP contribution in [0.3, 0.4) is 0 Å². The molecule has 50 valence electrons. The molecule has 0 aromatic carbocycles. The Morgan fingerprint density at radius 1 is 1.62 bits per heavy atom. The molecule has 0 saturated carbocycles. The van der Waals surface area contributed by atoms with Crippen molar-refractivity contribution in [2.45, 2.75) is 19.3 Å². The Kier molecular flexibility index (Phi) is 3.39. The fourth-order valence-electron chi connectivity index (χ4n) is 0.268. The maximum absolute atomic E-state index is 10.2. The Bertz CT molecular complexity index is 59.1. The molecule has 0 aliphatic rings. The Hall–Kier alpha value is 0.230. The van der Waals surface area contributed by atoms with Crippen LogP contribution >= 0.6 is 0 Å². The second kappa shape index (κ2) is 3.29. The summed E-state index contributed by atoms with van der Waals surface area (Å²) in [7, 11) is 0. The van der Waals surface area contributed by atoms with E-state index in [1.54, 1.807) is 13.8 Å². The van der Waals surface area contributed by atoms with E-state index in [0.717, 1.165) is 0 Å². The maximum Gasteiger partial charge on any atom is 0.234 e. The number of aliphatic hydroxyl groups is 1. The van der Waals surface area contributed by atoms with Crippen molar-refractivity contribution in [3.8, 4) is 0 Å². The third-order valence-corrected chi connectivity index (χ3v) is 1.83. The molecule has 0 amide bonds. The molecule has 3 N–H and O–H groups in total. The third kappa shape index (κ3) is 2.52. The van der Waals surface area contributed by atoms with Crippen molar-refractivity contribution < 1.29 is 9.66 Å².